The van der Waals surface area contributed by atoms with Crippen molar-refractivity contribution in [3.63, 3.8) is 0 Å². The molecular formula is C23H17N3O7S. The van der Waals surface area contributed by atoms with E-state index in [1.54, 1.807) is 24.3 Å². The molecule has 0 saturated heterocycles. The van der Waals surface area contributed by atoms with Crippen molar-refractivity contribution in [2.45, 2.75) is 4.90 Å². The number of amides is 3. The number of rotatable bonds is 6. The summed E-state index contributed by atoms with van der Waals surface area (Å²) in [7, 11) is -3.86. The van der Waals surface area contributed by atoms with Crippen molar-refractivity contribution < 1.29 is 32.3 Å². The number of esters is 1. The lowest BCUT2D eigenvalue weighted by Crippen LogP contribution is -2.29. The van der Waals surface area contributed by atoms with Crippen LogP contribution in [0.3, 0.4) is 0 Å². The topological polar surface area (TPSA) is 153 Å². The molecule has 0 atom stereocenters. The summed E-state index contributed by atoms with van der Waals surface area (Å²) in [4.78, 5) is 50.7. The lowest BCUT2D eigenvalue weighted by molar-refractivity contribution is -0.119. The van der Waals surface area contributed by atoms with E-state index < -0.39 is 40.3 Å². The quantitative estimate of drug-likeness (QED) is 0.405. The molecule has 172 valence electrons. The van der Waals surface area contributed by atoms with Crippen LogP contribution in [0.25, 0.3) is 0 Å². The molecule has 0 radical (unpaired) electrons. The maximum absolute atomic E-state index is 12.6. The Morgan fingerprint density at radius 1 is 0.882 bits per heavy atom. The third-order valence-corrected chi connectivity index (χ3v) is 5.86. The predicted octanol–water partition coefficient (Wildman–Crippen LogP) is 1.93. The first kappa shape index (κ1) is 22.8. The van der Waals surface area contributed by atoms with Crippen LogP contribution in [-0.2, 0) is 19.6 Å². The zero-order valence-corrected chi connectivity index (χ0v) is 18.2. The van der Waals surface area contributed by atoms with Crippen molar-refractivity contribution in [3.05, 3.63) is 89.5 Å². The molecule has 34 heavy (non-hydrogen) atoms. The van der Waals surface area contributed by atoms with Gasteiger partial charge in [0.05, 0.1) is 27.3 Å². The van der Waals surface area contributed by atoms with E-state index in [4.69, 9.17) is 9.88 Å². The van der Waals surface area contributed by atoms with Gasteiger partial charge in [-0.1, -0.05) is 18.2 Å². The number of carbonyl (C=O) groups excluding carboxylic acids is 4. The lowest BCUT2D eigenvalue weighted by atomic mass is 10.1. The normalized spacial score (nSPS) is 12.9. The minimum Gasteiger partial charge on any atom is -0.452 e. The fourth-order valence-corrected chi connectivity index (χ4v) is 3.85. The molecule has 0 bridgehead atoms. The molecule has 3 aromatic carbocycles. The molecule has 3 N–H and O–H groups in total. The predicted molar refractivity (Wildman–Crippen MR) is 121 cm³/mol. The molecule has 11 heteroatoms. The van der Waals surface area contributed by atoms with Gasteiger partial charge < -0.3 is 10.1 Å². The molecule has 0 aromatic heterocycles. The van der Waals surface area contributed by atoms with Gasteiger partial charge in [-0.15, -0.1) is 0 Å². The van der Waals surface area contributed by atoms with Crippen LogP contribution in [0.15, 0.2) is 77.7 Å². The molecule has 1 aliphatic rings. The number of primary sulfonamides is 1. The third kappa shape index (κ3) is 4.56. The number of benzene rings is 3. The smallest absolute Gasteiger partial charge is 0.338 e. The Labute approximate surface area is 194 Å². The van der Waals surface area contributed by atoms with Crippen LogP contribution < -0.4 is 15.4 Å². The van der Waals surface area contributed by atoms with E-state index in [9.17, 15) is 27.6 Å². The molecule has 0 saturated carbocycles. The first-order valence-electron chi connectivity index (χ1n) is 9.83. The summed E-state index contributed by atoms with van der Waals surface area (Å²) < 4.78 is 27.6. The second-order valence-corrected chi connectivity index (χ2v) is 8.80. The number of fused-ring (bicyclic) bond motifs is 1. The van der Waals surface area contributed by atoms with Crippen molar-refractivity contribution in [1.82, 2.24) is 0 Å². The zero-order chi connectivity index (χ0) is 24.5. The van der Waals surface area contributed by atoms with Gasteiger partial charge >= 0.3 is 5.97 Å². The van der Waals surface area contributed by atoms with Crippen LogP contribution in [0.1, 0.15) is 31.1 Å². The fraction of sp³-hybridized carbons (Fsp3) is 0.0435. The monoisotopic (exact) mass is 479 g/mol. The minimum absolute atomic E-state index is 0.0411. The van der Waals surface area contributed by atoms with Crippen molar-refractivity contribution >= 4 is 45.1 Å². The van der Waals surface area contributed by atoms with Crippen LogP contribution in [0.4, 0.5) is 11.4 Å². The Balaban J connectivity index is 1.40. The van der Waals surface area contributed by atoms with E-state index in [-0.39, 0.29) is 33.0 Å². The van der Waals surface area contributed by atoms with Crippen molar-refractivity contribution in [3.8, 4) is 0 Å². The number of anilines is 2. The molecule has 0 spiro atoms. The Bertz CT molecular complexity index is 1400. The van der Waals surface area contributed by atoms with Crippen LogP contribution in [-0.4, -0.2) is 38.7 Å². The molecule has 3 aromatic rings. The average Bonchev–Trinajstić information content (AvgIpc) is 3.07. The lowest BCUT2D eigenvalue weighted by Gasteiger charge is -2.15. The second-order valence-electron chi connectivity index (χ2n) is 7.24. The fourth-order valence-electron chi connectivity index (χ4n) is 3.34. The molecule has 0 unspecified atom stereocenters. The van der Waals surface area contributed by atoms with Gasteiger partial charge in [-0.3, -0.25) is 14.4 Å². The molecule has 0 aliphatic carbocycles. The molecule has 3 amide bonds. The maximum Gasteiger partial charge on any atom is 0.338 e. The van der Waals surface area contributed by atoms with E-state index in [1.807, 2.05) is 0 Å². The van der Waals surface area contributed by atoms with E-state index in [0.717, 1.165) is 4.90 Å². The van der Waals surface area contributed by atoms with Gasteiger partial charge in [0.25, 0.3) is 17.7 Å². The van der Waals surface area contributed by atoms with Gasteiger partial charge in [-0.05, 0) is 54.6 Å². The number of hydrogen-bond donors (Lipinski definition) is 2. The van der Waals surface area contributed by atoms with Crippen molar-refractivity contribution in [2.24, 2.45) is 5.14 Å². The highest BCUT2D eigenvalue weighted by Crippen LogP contribution is 2.28. The maximum atomic E-state index is 12.6. The molecule has 0 fully saturated rings. The van der Waals surface area contributed by atoms with Crippen LogP contribution >= 0.6 is 0 Å². The molecule has 10 nitrogen and oxygen atoms in total. The first-order chi connectivity index (χ1) is 16.1. The second kappa shape index (κ2) is 8.89. The van der Waals surface area contributed by atoms with Gasteiger partial charge in [0.15, 0.2) is 6.61 Å². The van der Waals surface area contributed by atoms with Crippen LogP contribution in [0.5, 0.6) is 0 Å². The number of nitrogens with two attached hydrogens (primary N) is 1. The number of ether oxygens (including phenoxy) is 1. The summed E-state index contributed by atoms with van der Waals surface area (Å²) in [5.74, 6) is -2.50. The SMILES string of the molecule is NS(=O)(=O)c1ccc(NC(=O)COC(=O)c2cccc(N3C(=O)c4ccccc4C3=O)c2)cc1. The van der Waals surface area contributed by atoms with Crippen molar-refractivity contribution in [2.75, 3.05) is 16.8 Å². The summed E-state index contributed by atoms with van der Waals surface area (Å²) >= 11 is 0. The Kier molecular flexibility index (Phi) is 5.97. The third-order valence-electron chi connectivity index (χ3n) is 4.94. The van der Waals surface area contributed by atoms with Gasteiger partial charge in [0.1, 0.15) is 0 Å². The number of nitrogens with one attached hydrogen (secondary N) is 1. The van der Waals surface area contributed by atoms with Gasteiger partial charge in [-0.25, -0.2) is 23.3 Å². The number of hydrogen-bond acceptors (Lipinski definition) is 7. The molecular weight excluding hydrogens is 462 g/mol. The number of imide groups is 1. The summed E-state index contributed by atoms with van der Waals surface area (Å²) in [6.07, 6.45) is 0. The van der Waals surface area contributed by atoms with E-state index in [1.165, 1.54) is 48.5 Å². The van der Waals surface area contributed by atoms with Gasteiger partial charge in [0.2, 0.25) is 10.0 Å². The molecule has 1 heterocycles. The van der Waals surface area contributed by atoms with Gasteiger partial charge in [-0.2, -0.15) is 0 Å². The highest BCUT2D eigenvalue weighted by Gasteiger charge is 2.36. The zero-order valence-electron chi connectivity index (χ0n) is 17.4. The Morgan fingerprint density at radius 2 is 1.50 bits per heavy atom. The first-order valence-corrected chi connectivity index (χ1v) is 11.4. The Hall–Kier alpha value is -4.35. The Morgan fingerprint density at radius 3 is 2.09 bits per heavy atom. The number of sulfonamides is 1. The van der Waals surface area contributed by atoms with Crippen LogP contribution in [0, 0.1) is 0 Å². The van der Waals surface area contributed by atoms with Crippen LogP contribution in [0.2, 0.25) is 0 Å². The van der Waals surface area contributed by atoms with Crippen molar-refractivity contribution in [1.29, 1.82) is 0 Å². The average molecular weight is 479 g/mol. The van der Waals surface area contributed by atoms with E-state index >= 15 is 0 Å². The highest BCUT2D eigenvalue weighted by atomic mass is 32.2. The van der Waals surface area contributed by atoms with E-state index in [0.29, 0.717) is 0 Å². The molecule has 4 rings (SSSR count). The minimum atomic E-state index is -3.86. The summed E-state index contributed by atoms with van der Waals surface area (Å²) in [5, 5.41) is 7.48. The summed E-state index contributed by atoms with van der Waals surface area (Å²) in [5.41, 5.74) is 1.06. The molecule has 1 aliphatic heterocycles. The van der Waals surface area contributed by atoms with E-state index in [2.05, 4.69) is 5.32 Å². The standard InChI is InChI=1S/C23H17N3O7S/c24-34(31,32)17-10-8-15(9-11-17)25-20(27)13-33-23(30)14-4-3-5-16(12-14)26-21(28)18-6-1-2-7-19(18)22(26)29/h1-12H,13H2,(H,25,27)(H2,24,31,32). The number of carbonyl (C=O) groups is 4. The summed E-state index contributed by atoms with van der Waals surface area (Å²) in [6, 6.07) is 17.3. The largest absolute Gasteiger partial charge is 0.452 e. The van der Waals surface area contributed by atoms with Gasteiger partial charge in [0, 0.05) is 5.69 Å². The summed E-state index contributed by atoms with van der Waals surface area (Å²) in [6.45, 7) is -0.618. The number of nitrogens with zero attached hydrogens (tertiary/aromatic N) is 1. The highest BCUT2D eigenvalue weighted by molar-refractivity contribution is 7.89.